The average molecular weight is 388 g/mol. The Balaban J connectivity index is 0.00000192. The summed E-state index contributed by atoms with van der Waals surface area (Å²) in [5, 5.41) is 0. The summed E-state index contributed by atoms with van der Waals surface area (Å²) < 4.78 is 10.2. The van der Waals surface area contributed by atoms with Gasteiger partial charge in [-0.2, -0.15) is 0 Å². The van der Waals surface area contributed by atoms with E-state index in [9.17, 15) is 4.79 Å². The Bertz CT molecular complexity index is 713. The number of ketones is 1. The zero-order chi connectivity index (χ0) is 15.4. The minimum Gasteiger partial charge on any atom is -1.00 e. The van der Waals surface area contributed by atoms with Crippen LogP contribution in [0.5, 0.6) is 0 Å². The molecule has 7 heteroatoms. The molecule has 0 N–H and O–H groups in total. The van der Waals surface area contributed by atoms with E-state index in [-0.39, 0.29) is 18.2 Å². The fourth-order valence-corrected chi connectivity index (χ4v) is 5.97. The van der Waals surface area contributed by atoms with Crippen LogP contribution in [0.3, 0.4) is 0 Å². The van der Waals surface area contributed by atoms with Crippen LogP contribution in [0.4, 0.5) is 0 Å². The van der Waals surface area contributed by atoms with E-state index in [1.807, 2.05) is 31.2 Å². The SMILES string of the molecule is Cc1ccc(C(=O)CSc2cc(=[N+]3CCOCC3)ss2)cc1.[Cl-]. The molecule has 1 fully saturated rings. The number of morpholine rings is 1. The van der Waals surface area contributed by atoms with E-state index in [2.05, 4.69) is 10.6 Å². The van der Waals surface area contributed by atoms with Crippen LogP contribution in [-0.4, -0.2) is 37.8 Å². The summed E-state index contributed by atoms with van der Waals surface area (Å²) in [4.78, 5) is 12.2. The highest BCUT2D eigenvalue weighted by molar-refractivity contribution is 8.03. The third-order valence-corrected chi connectivity index (χ3v) is 7.43. The zero-order valence-electron chi connectivity index (χ0n) is 12.8. The number of hydrogen-bond donors (Lipinski definition) is 0. The third-order valence-electron chi connectivity index (χ3n) is 3.49. The molecule has 0 aliphatic carbocycles. The average Bonchev–Trinajstić information content (AvgIpc) is 3.03. The maximum Gasteiger partial charge on any atom is 0.268 e. The van der Waals surface area contributed by atoms with Crippen molar-refractivity contribution in [1.29, 1.82) is 0 Å². The Hall–Kier alpha value is -0.660. The van der Waals surface area contributed by atoms with Crippen LogP contribution in [0.15, 0.2) is 34.5 Å². The number of thioether (sulfide) groups is 1. The normalized spacial score (nSPS) is 14.4. The molecule has 0 unspecified atom stereocenters. The van der Waals surface area contributed by atoms with Gasteiger partial charge in [0.05, 0.1) is 9.96 Å². The van der Waals surface area contributed by atoms with Crippen molar-refractivity contribution in [2.75, 3.05) is 32.1 Å². The number of aryl methyl sites for hydroxylation is 1. The molecule has 1 aliphatic rings. The number of rotatable bonds is 4. The Labute approximate surface area is 153 Å². The Morgan fingerprint density at radius 1 is 1.22 bits per heavy atom. The van der Waals surface area contributed by atoms with Crippen molar-refractivity contribution >= 4 is 38.2 Å². The quantitative estimate of drug-likeness (QED) is 0.317. The summed E-state index contributed by atoms with van der Waals surface area (Å²) in [6, 6.07) is 10.00. The first-order chi connectivity index (χ1) is 10.7. The molecule has 23 heavy (non-hydrogen) atoms. The molecule has 0 radical (unpaired) electrons. The van der Waals surface area contributed by atoms with Gasteiger partial charge in [0.1, 0.15) is 13.2 Å². The predicted molar refractivity (Wildman–Crippen MR) is 94.3 cm³/mol. The fourth-order valence-electron chi connectivity index (χ4n) is 2.19. The third kappa shape index (κ3) is 5.16. The Kier molecular flexibility index (Phi) is 7.30. The number of Topliss-reactive ketones (excluding diaryl/α,β-unsaturated/α-hetero) is 1. The van der Waals surface area contributed by atoms with Crippen LogP contribution in [0.1, 0.15) is 15.9 Å². The van der Waals surface area contributed by atoms with Gasteiger partial charge in [0, 0.05) is 11.6 Å². The minimum atomic E-state index is 0. The minimum absolute atomic E-state index is 0. The van der Waals surface area contributed by atoms with Crippen LogP contribution < -0.4 is 21.7 Å². The Morgan fingerprint density at radius 2 is 1.91 bits per heavy atom. The van der Waals surface area contributed by atoms with Crippen LogP contribution in [0.2, 0.25) is 0 Å². The summed E-state index contributed by atoms with van der Waals surface area (Å²) in [6.07, 6.45) is 0. The first-order valence-corrected chi connectivity index (χ1v) is 10.3. The van der Waals surface area contributed by atoms with Gasteiger partial charge in [0.25, 0.3) is 4.67 Å². The molecule has 1 aliphatic heterocycles. The van der Waals surface area contributed by atoms with Crippen LogP contribution in [0, 0.1) is 6.92 Å². The van der Waals surface area contributed by atoms with E-state index < -0.39 is 0 Å². The first-order valence-electron chi connectivity index (χ1n) is 7.21. The monoisotopic (exact) mass is 387 g/mol. The summed E-state index contributed by atoms with van der Waals surface area (Å²) in [6.45, 7) is 5.55. The van der Waals surface area contributed by atoms with Crippen molar-refractivity contribution in [2.45, 2.75) is 11.1 Å². The van der Waals surface area contributed by atoms with Gasteiger partial charge in [-0.3, -0.25) is 4.79 Å². The largest absolute Gasteiger partial charge is 1.00 e. The molecule has 3 rings (SSSR count). The second-order valence-corrected chi connectivity index (χ2v) is 8.61. The molecule has 1 aromatic heterocycles. The van der Waals surface area contributed by atoms with Crippen LogP contribution >= 0.6 is 32.4 Å². The van der Waals surface area contributed by atoms with Crippen molar-refractivity contribution < 1.29 is 21.9 Å². The van der Waals surface area contributed by atoms with Crippen molar-refractivity contribution in [3.63, 3.8) is 0 Å². The standard InChI is InChI=1S/C16H18NO2S3.ClH/c1-12-2-4-13(5-3-12)14(18)11-20-16-10-15(21-22-16)17-6-8-19-9-7-17;/h2-5,10H,6-9,11H2,1H3;1H/q+1;/p-1. The van der Waals surface area contributed by atoms with E-state index in [4.69, 9.17) is 4.74 Å². The van der Waals surface area contributed by atoms with E-state index in [1.165, 1.54) is 14.4 Å². The number of halogens is 1. The summed E-state index contributed by atoms with van der Waals surface area (Å²) in [7, 11) is 3.54. The molecule has 1 saturated heterocycles. The molecule has 0 spiro atoms. The van der Waals surface area contributed by atoms with E-state index in [0.29, 0.717) is 5.75 Å². The molecule has 0 amide bonds. The molecule has 0 saturated carbocycles. The maximum atomic E-state index is 12.2. The first kappa shape index (κ1) is 18.7. The summed E-state index contributed by atoms with van der Waals surface area (Å²) in [5.41, 5.74) is 1.98. The van der Waals surface area contributed by atoms with Gasteiger partial charge in [-0.25, -0.2) is 4.58 Å². The van der Waals surface area contributed by atoms with Crippen LogP contribution in [0.25, 0.3) is 0 Å². The molecular weight excluding hydrogens is 370 g/mol. The fraction of sp³-hybridized carbons (Fsp3) is 0.375. The summed E-state index contributed by atoms with van der Waals surface area (Å²) >= 11 is 1.63. The number of hydrogen-bond acceptors (Lipinski definition) is 5. The smallest absolute Gasteiger partial charge is 0.268 e. The zero-order valence-corrected chi connectivity index (χ0v) is 16.0. The lowest BCUT2D eigenvalue weighted by Crippen LogP contribution is -3.00. The van der Waals surface area contributed by atoms with E-state index >= 15 is 0 Å². The van der Waals surface area contributed by atoms with Gasteiger partial charge in [0.2, 0.25) is 0 Å². The lowest BCUT2D eigenvalue weighted by molar-refractivity contribution is -0.0000129. The van der Waals surface area contributed by atoms with Crippen molar-refractivity contribution in [3.05, 3.63) is 46.1 Å². The molecule has 3 nitrogen and oxygen atoms in total. The van der Waals surface area contributed by atoms with E-state index in [0.717, 1.165) is 31.9 Å². The predicted octanol–water partition coefficient (Wildman–Crippen LogP) is -0.101. The second kappa shape index (κ2) is 8.99. The number of ether oxygens (including phenoxy) is 1. The molecule has 0 atom stereocenters. The molecule has 0 bridgehead atoms. The molecule has 124 valence electrons. The molecule has 1 aromatic carbocycles. The number of carbonyl (C=O) groups is 1. The Morgan fingerprint density at radius 3 is 2.61 bits per heavy atom. The van der Waals surface area contributed by atoms with Crippen molar-refractivity contribution in [1.82, 2.24) is 4.58 Å². The molecular formula is C16H18ClNO2S3. The second-order valence-electron chi connectivity index (χ2n) is 5.15. The molecule has 2 aromatic rings. The van der Waals surface area contributed by atoms with Gasteiger partial charge in [-0.1, -0.05) is 40.2 Å². The van der Waals surface area contributed by atoms with Gasteiger partial charge in [0.15, 0.2) is 18.9 Å². The highest BCUT2D eigenvalue weighted by Gasteiger charge is 2.14. The van der Waals surface area contributed by atoms with E-state index in [1.54, 1.807) is 32.4 Å². The maximum absolute atomic E-state index is 12.2. The number of carbonyl (C=O) groups excluding carboxylic acids is 1. The van der Waals surface area contributed by atoms with Gasteiger partial charge in [-0.05, 0) is 17.3 Å². The lowest BCUT2D eigenvalue weighted by Gasteiger charge is -2.09. The van der Waals surface area contributed by atoms with Crippen LogP contribution in [-0.2, 0) is 4.74 Å². The van der Waals surface area contributed by atoms with Crippen molar-refractivity contribution in [3.8, 4) is 0 Å². The highest BCUT2D eigenvalue weighted by Crippen LogP contribution is 2.25. The number of benzene rings is 1. The molecule has 2 heterocycles. The number of nitrogens with zero attached hydrogens (tertiary/aromatic N) is 1. The lowest BCUT2D eigenvalue weighted by atomic mass is 10.1. The summed E-state index contributed by atoms with van der Waals surface area (Å²) in [5.74, 6) is 0.690. The highest BCUT2D eigenvalue weighted by atomic mass is 35.5. The van der Waals surface area contributed by atoms with Gasteiger partial charge < -0.3 is 17.1 Å². The topological polar surface area (TPSA) is 29.3 Å². The van der Waals surface area contributed by atoms with Gasteiger partial charge >= 0.3 is 0 Å². The van der Waals surface area contributed by atoms with Gasteiger partial charge in [-0.15, -0.1) is 11.8 Å². The van der Waals surface area contributed by atoms with Crippen molar-refractivity contribution in [2.24, 2.45) is 0 Å².